The summed E-state index contributed by atoms with van der Waals surface area (Å²) < 4.78 is 39.3. The second-order valence-electron chi connectivity index (χ2n) is 7.02. The first kappa shape index (κ1) is 22.9. The Morgan fingerprint density at radius 3 is 2.58 bits per heavy atom. The molecule has 3 aromatic carbocycles. The van der Waals surface area contributed by atoms with Crippen LogP contribution in [0.2, 0.25) is 0 Å². The number of halogens is 2. The predicted octanol–water partition coefficient (Wildman–Crippen LogP) is 6.35. The van der Waals surface area contributed by atoms with Crippen molar-refractivity contribution in [3.05, 3.63) is 94.4 Å². The molecular weight excluding hydrogens is 464 g/mol. The van der Waals surface area contributed by atoms with Crippen molar-refractivity contribution in [1.29, 1.82) is 0 Å². The average Bonchev–Trinajstić information content (AvgIpc) is 3.07. The maximum absolute atomic E-state index is 13.9. The van der Waals surface area contributed by atoms with Crippen LogP contribution in [-0.4, -0.2) is 16.8 Å². The number of thiocarbonyl (C=S) groups is 1. The van der Waals surface area contributed by atoms with E-state index in [4.69, 9.17) is 21.7 Å². The van der Waals surface area contributed by atoms with Crippen molar-refractivity contribution < 1.29 is 23.0 Å². The summed E-state index contributed by atoms with van der Waals surface area (Å²) in [6.45, 7) is 2.30. The highest BCUT2D eigenvalue weighted by atomic mass is 32.2. The molecule has 0 atom stereocenters. The van der Waals surface area contributed by atoms with Crippen LogP contribution in [0.5, 0.6) is 11.5 Å². The van der Waals surface area contributed by atoms with Gasteiger partial charge in [0, 0.05) is 5.56 Å². The molecule has 0 unspecified atom stereocenters. The number of nitrogens with zero attached hydrogens (tertiary/aromatic N) is 1. The Morgan fingerprint density at radius 1 is 1.00 bits per heavy atom. The van der Waals surface area contributed by atoms with E-state index in [2.05, 4.69) is 0 Å². The lowest BCUT2D eigenvalue weighted by molar-refractivity contribution is -0.113. The quantitative estimate of drug-likeness (QED) is 0.289. The molecule has 33 heavy (non-hydrogen) atoms. The Labute approximate surface area is 199 Å². The zero-order valence-corrected chi connectivity index (χ0v) is 19.2. The summed E-state index contributed by atoms with van der Waals surface area (Å²) in [4.78, 5) is 14.7. The van der Waals surface area contributed by atoms with Gasteiger partial charge in [0.2, 0.25) is 0 Å². The van der Waals surface area contributed by atoms with Crippen molar-refractivity contribution >= 4 is 46.0 Å². The van der Waals surface area contributed by atoms with Crippen LogP contribution in [0.3, 0.4) is 0 Å². The fraction of sp³-hybridized carbons (Fsp3) is 0.120. The van der Waals surface area contributed by atoms with Gasteiger partial charge in [-0.3, -0.25) is 9.69 Å². The van der Waals surface area contributed by atoms with Crippen LogP contribution in [0.1, 0.15) is 18.1 Å². The van der Waals surface area contributed by atoms with Crippen LogP contribution < -0.4 is 14.4 Å². The third-order valence-corrected chi connectivity index (χ3v) is 6.07. The lowest BCUT2D eigenvalue weighted by Gasteiger charge is -2.14. The van der Waals surface area contributed by atoms with E-state index in [-0.39, 0.29) is 18.3 Å². The molecule has 0 spiro atoms. The smallest absolute Gasteiger partial charge is 0.270 e. The van der Waals surface area contributed by atoms with Gasteiger partial charge in [0.1, 0.15) is 18.2 Å². The lowest BCUT2D eigenvalue weighted by atomic mass is 10.1. The Morgan fingerprint density at radius 2 is 1.82 bits per heavy atom. The van der Waals surface area contributed by atoms with Gasteiger partial charge in [-0.2, -0.15) is 0 Å². The number of carbonyl (C=O) groups excluding carboxylic acids is 1. The molecule has 0 bridgehead atoms. The summed E-state index contributed by atoms with van der Waals surface area (Å²) in [6.07, 6.45) is 1.70. The molecule has 1 aliphatic rings. The van der Waals surface area contributed by atoms with Gasteiger partial charge in [-0.05, 0) is 55.0 Å². The number of rotatable bonds is 7. The molecule has 1 amide bonds. The second-order valence-corrected chi connectivity index (χ2v) is 8.69. The summed E-state index contributed by atoms with van der Waals surface area (Å²) in [5, 5.41) is 0. The Kier molecular flexibility index (Phi) is 7.05. The van der Waals surface area contributed by atoms with E-state index in [0.29, 0.717) is 44.1 Å². The number of anilines is 1. The van der Waals surface area contributed by atoms with Crippen molar-refractivity contribution in [2.45, 2.75) is 13.5 Å². The zero-order chi connectivity index (χ0) is 23.4. The van der Waals surface area contributed by atoms with Crippen LogP contribution in [0.4, 0.5) is 14.5 Å². The summed E-state index contributed by atoms with van der Waals surface area (Å²) in [5.41, 5.74) is 1.52. The number of thioether (sulfide) groups is 1. The fourth-order valence-electron chi connectivity index (χ4n) is 3.23. The molecule has 8 heteroatoms. The maximum Gasteiger partial charge on any atom is 0.270 e. The average molecular weight is 484 g/mol. The van der Waals surface area contributed by atoms with Gasteiger partial charge < -0.3 is 9.47 Å². The van der Waals surface area contributed by atoms with Crippen molar-refractivity contribution in [1.82, 2.24) is 0 Å². The Bertz CT molecular complexity index is 1250. The third kappa shape index (κ3) is 5.23. The van der Waals surface area contributed by atoms with E-state index < -0.39 is 5.82 Å². The highest BCUT2D eigenvalue weighted by Gasteiger charge is 2.33. The van der Waals surface area contributed by atoms with Gasteiger partial charge in [0.15, 0.2) is 15.8 Å². The molecule has 0 aliphatic carbocycles. The first-order valence-corrected chi connectivity index (χ1v) is 11.4. The van der Waals surface area contributed by atoms with E-state index in [0.717, 1.165) is 11.8 Å². The molecular formula is C25H19F2NO3S2. The predicted molar refractivity (Wildman–Crippen MR) is 130 cm³/mol. The van der Waals surface area contributed by atoms with Crippen molar-refractivity contribution in [2.75, 3.05) is 11.5 Å². The molecule has 1 fully saturated rings. The molecule has 1 heterocycles. The van der Waals surface area contributed by atoms with E-state index >= 15 is 0 Å². The van der Waals surface area contributed by atoms with Crippen LogP contribution in [0, 0.1) is 11.6 Å². The van der Waals surface area contributed by atoms with Crippen molar-refractivity contribution in [2.24, 2.45) is 0 Å². The molecule has 1 saturated heterocycles. The first-order chi connectivity index (χ1) is 16.0. The first-order valence-electron chi connectivity index (χ1n) is 10.1. The molecule has 1 aliphatic heterocycles. The summed E-state index contributed by atoms with van der Waals surface area (Å²) in [6, 6.07) is 17.4. The highest BCUT2D eigenvalue weighted by Crippen LogP contribution is 2.37. The topological polar surface area (TPSA) is 38.8 Å². The molecule has 0 N–H and O–H groups in total. The maximum atomic E-state index is 13.9. The van der Waals surface area contributed by atoms with Gasteiger partial charge in [-0.1, -0.05) is 54.3 Å². The molecule has 0 saturated carbocycles. The van der Waals surface area contributed by atoms with E-state index in [1.165, 1.54) is 29.2 Å². The van der Waals surface area contributed by atoms with Gasteiger partial charge in [-0.25, -0.2) is 8.78 Å². The summed E-state index contributed by atoms with van der Waals surface area (Å²) in [7, 11) is 0. The van der Waals surface area contributed by atoms with Crippen molar-refractivity contribution in [3.63, 3.8) is 0 Å². The van der Waals surface area contributed by atoms with E-state index in [1.807, 2.05) is 6.92 Å². The number of benzene rings is 3. The SMILES string of the molecule is CCOc1cc(/C=C2/SC(=S)N(c3cccc(F)c3)C2=O)ccc1OCc1ccccc1F. The molecule has 168 valence electrons. The fourth-order valence-corrected chi connectivity index (χ4v) is 4.53. The lowest BCUT2D eigenvalue weighted by Crippen LogP contribution is -2.27. The monoisotopic (exact) mass is 483 g/mol. The van der Waals surface area contributed by atoms with Crippen molar-refractivity contribution in [3.8, 4) is 11.5 Å². The number of carbonyl (C=O) groups is 1. The molecule has 4 rings (SSSR count). The second kappa shape index (κ2) is 10.1. The summed E-state index contributed by atoms with van der Waals surface area (Å²) >= 11 is 6.49. The number of amides is 1. The van der Waals surface area contributed by atoms with Crippen LogP contribution in [-0.2, 0) is 11.4 Å². The number of hydrogen-bond acceptors (Lipinski definition) is 5. The minimum Gasteiger partial charge on any atom is -0.490 e. The van der Waals surface area contributed by atoms with Gasteiger partial charge in [-0.15, -0.1) is 0 Å². The summed E-state index contributed by atoms with van der Waals surface area (Å²) in [5.74, 6) is -0.175. The Hall–Kier alpha value is -3.23. The standard InChI is InChI=1S/C25H19F2NO3S2/c1-2-30-22-12-16(10-11-21(22)31-15-17-6-3-4-9-20(17)27)13-23-24(29)28(25(32)33-23)19-8-5-7-18(26)14-19/h3-14H,2,15H2,1H3/b23-13+. The van der Waals surface area contributed by atoms with Gasteiger partial charge in [0.05, 0.1) is 17.2 Å². The molecule has 3 aromatic rings. The van der Waals surface area contributed by atoms with Crippen LogP contribution in [0.25, 0.3) is 6.08 Å². The number of hydrogen-bond donors (Lipinski definition) is 0. The Balaban J connectivity index is 1.56. The molecule has 0 aromatic heterocycles. The van der Waals surface area contributed by atoms with Gasteiger partial charge >= 0.3 is 0 Å². The molecule has 4 nitrogen and oxygen atoms in total. The van der Waals surface area contributed by atoms with E-state index in [1.54, 1.807) is 48.5 Å². The normalized spacial score (nSPS) is 14.8. The largest absolute Gasteiger partial charge is 0.490 e. The number of ether oxygens (including phenoxy) is 2. The minimum atomic E-state index is -0.446. The molecule has 0 radical (unpaired) electrons. The highest BCUT2D eigenvalue weighted by molar-refractivity contribution is 8.27. The van der Waals surface area contributed by atoms with Crippen LogP contribution in [0.15, 0.2) is 71.6 Å². The third-order valence-electron chi connectivity index (χ3n) is 4.77. The van der Waals surface area contributed by atoms with Gasteiger partial charge in [0.25, 0.3) is 5.91 Å². The zero-order valence-electron chi connectivity index (χ0n) is 17.6. The minimum absolute atomic E-state index is 0.0540. The van der Waals surface area contributed by atoms with E-state index in [9.17, 15) is 13.6 Å². The van der Waals surface area contributed by atoms with Crippen LogP contribution >= 0.6 is 24.0 Å².